The SMILES string of the molecule is CCCCC[C@@H](C)[C@](C)(O)c1cccc(OC)c1. The first-order chi connectivity index (χ1) is 8.52. The van der Waals surface area contributed by atoms with Gasteiger partial charge in [-0.15, -0.1) is 0 Å². The van der Waals surface area contributed by atoms with Gasteiger partial charge in [0.2, 0.25) is 0 Å². The number of ether oxygens (including phenoxy) is 1. The summed E-state index contributed by atoms with van der Waals surface area (Å²) in [5, 5.41) is 10.7. The highest BCUT2D eigenvalue weighted by Crippen LogP contribution is 2.34. The van der Waals surface area contributed by atoms with Gasteiger partial charge in [-0.1, -0.05) is 45.2 Å². The van der Waals surface area contributed by atoms with Crippen molar-refractivity contribution in [2.45, 2.75) is 52.1 Å². The lowest BCUT2D eigenvalue weighted by Gasteiger charge is -2.31. The van der Waals surface area contributed by atoms with Crippen molar-refractivity contribution in [2.75, 3.05) is 7.11 Å². The molecular formula is C16H26O2. The third-order valence-corrected chi connectivity index (χ3v) is 3.85. The van der Waals surface area contributed by atoms with Crippen LogP contribution in [0.3, 0.4) is 0 Å². The molecule has 0 saturated carbocycles. The molecule has 1 rings (SSSR count). The molecule has 0 spiro atoms. The lowest BCUT2D eigenvalue weighted by atomic mass is 9.81. The van der Waals surface area contributed by atoms with Gasteiger partial charge in [0.25, 0.3) is 0 Å². The smallest absolute Gasteiger partial charge is 0.119 e. The number of rotatable bonds is 7. The fourth-order valence-corrected chi connectivity index (χ4v) is 2.20. The van der Waals surface area contributed by atoms with Crippen LogP contribution in [-0.2, 0) is 5.60 Å². The molecule has 0 radical (unpaired) electrons. The average molecular weight is 250 g/mol. The predicted octanol–water partition coefficient (Wildman–Crippen LogP) is 4.12. The van der Waals surface area contributed by atoms with Crippen molar-refractivity contribution in [3.63, 3.8) is 0 Å². The van der Waals surface area contributed by atoms with Gasteiger partial charge in [0, 0.05) is 0 Å². The van der Waals surface area contributed by atoms with Crippen molar-refractivity contribution in [1.29, 1.82) is 0 Å². The van der Waals surface area contributed by atoms with Crippen LogP contribution in [0.15, 0.2) is 24.3 Å². The molecule has 0 bridgehead atoms. The zero-order valence-corrected chi connectivity index (χ0v) is 12.1. The Labute approximate surface area is 111 Å². The molecule has 2 atom stereocenters. The highest BCUT2D eigenvalue weighted by molar-refractivity contribution is 5.32. The van der Waals surface area contributed by atoms with E-state index < -0.39 is 5.60 Å². The van der Waals surface area contributed by atoms with Gasteiger partial charge in [-0.25, -0.2) is 0 Å². The third-order valence-electron chi connectivity index (χ3n) is 3.85. The quantitative estimate of drug-likeness (QED) is 0.738. The molecule has 0 aromatic heterocycles. The van der Waals surface area contributed by atoms with E-state index in [9.17, 15) is 5.11 Å². The Hall–Kier alpha value is -1.02. The second-order valence-corrected chi connectivity index (χ2v) is 5.28. The van der Waals surface area contributed by atoms with Crippen molar-refractivity contribution in [3.8, 4) is 5.75 Å². The molecule has 1 N–H and O–H groups in total. The molecule has 1 aromatic rings. The van der Waals surface area contributed by atoms with Crippen LogP contribution in [0.1, 0.15) is 52.0 Å². The van der Waals surface area contributed by atoms with Crippen molar-refractivity contribution in [1.82, 2.24) is 0 Å². The number of aliphatic hydroxyl groups is 1. The minimum atomic E-state index is -0.789. The van der Waals surface area contributed by atoms with Crippen molar-refractivity contribution >= 4 is 0 Å². The van der Waals surface area contributed by atoms with Crippen LogP contribution < -0.4 is 4.74 Å². The zero-order valence-electron chi connectivity index (χ0n) is 12.1. The topological polar surface area (TPSA) is 29.5 Å². The number of benzene rings is 1. The van der Waals surface area contributed by atoms with E-state index >= 15 is 0 Å². The molecule has 2 nitrogen and oxygen atoms in total. The largest absolute Gasteiger partial charge is 0.497 e. The van der Waals surface area contributed by atoms with Crippen LogP contribution >= 0.6 is 0 Å². The Morgan fingerprint density at radius 2 is 2.06 bits per heavy atom. The molecule has 0 unspecified atom stereocenters. The highest BCUT2D eigenvalue weighted by atomic mass is 16.5. The zero-order chi connectivity index (χ0) is 13.6. The molecule has 0 aliphatic carbocycles. The number of methoxy groups -OCH3 is 1. The van der Waals surface area contributed by atoms with Crippen molar-refractivity contribution in [2.24, 2.45) is 5.92 Å². The molecule has 2 heteroatoms. The van der Waals surface area contributed by atoms with E-state index in [1.54, 1.807) is 7.11 Å². The summed E-state index contributed by atoms with van der Waals surface area (Å²) in [5.74, 6) is 1.05. The summed E-state index contributed by atoms with van der Waals surface area (Å²) >= 11 is 0. The third kappa shape index (κ3) is 3.74. The van der Waals surface area contributed by atoms with Crippen molar-refractivity contribution < 1.29 is 9.84 Å². The fraction of sp³-hybridized carbons (Fsp3) is 0.625. The summed E-state index contributed by atoms with van der Waals surface area (Å²) < 4.78 is 5.22. The van der Waals surface area contributed by atoms with Crippen LogP contribution in [0.4, 0.5) is 0 Å². The van der Waals surface area contributed by atoms with Crippen LogP contribution in [0.25, 0.3) is 0 Å². The Morgan fingerprint density at radius 3 is 2.67 bits per heavy atom. The van der Waals surface area contributed by atoms with E-state index in [1.165, 1.54) is 19.3 Å². The van der Waals surface area contributed by atoms with Gasteiger partial charge in [-0.2, -0.15) is 0 Å². The summed E-state index contributed by atoms with van der Waals surface area (Å²) in [7, 11) is 1.65. The Balaban J connectivity index is 2.76. The molecule has 0 saturated heterocycles. The molecule has 102 valence electrons. The van der Waals surface area contributed by atoms with Crippen LogP contribution in [0, 0.1) is 5.92 Å². The lowest BCUT2D eigenvalue weighted by molar-refractivity contribution is -0.00302. The molecular weight excluding hydrogens is 224 g/mol. The molecule has 0 fully saturated rings. The first-order valence-electron chi connectivity index (χ1n) is 6.89. The van der Waals surface area contributed by atoms with Gasteiger partial charge < -0.3 is 9.84 Å². The normalized spacial score (nSPS) is 16.1. The van der Waals surface area contributed by atoms with Crippen LogP contribution in [0.5, 0.6) is 5.75 Å². The van der Waals surface area contributed by atoms with Gasteiger partial charge in [-0.05, 0) is 37.0 Å². The van der Waals surface area contributed by atoms with Gasteiger partial charge in [0.1, 0.15) is 5.75 Å². The van der Waals surface area contributed by atoms with Gasteiger partial charge >= 0.3 is 0 Å². The summed E-state index contributed by atoms with van der Waals surface area (Å²) in [6, 6.07) is 7.73. The summed E-state index contributed by atoms with van der Waals surface area (Å²) in [5.41, 5.74) is 0.147. The van der Waals surface area contributed by atoms with E-state index in [0.717, 1.165) is 17.7 Å². The number of hydrogen-bond donors (Lipinski definition) is 1. The van der Waals surface area contributed by atoms with Gasteiger partial charge in [0.05, 0.1) is 12.7 Å². The molecule has 0 aliphatic rings. The molecule has 1 aromatic carbocycles. The van der Waals surface area contributed by atoms with Gasteiger partial charge in [0.15, 0.2) is 0 Å². The minimum absolute atomic E-state index is 0.246. The Bertz CT molecular complexity index is 358. The second-order valence-electron chi connectivity index (χ2n) is 5.28. The fourth-order valence-electron chi connectivity index (χ4n) is 2.20. The number of unbranched alkanes of at least 4 members (excludes halogenated alkanes) is 2. The first-order valence-corrected chi connectivity index (χ1v) is 6.89. The standard InChI is InChI=1S/C16H26O2/c1-5-6-7-9-13(2)16(3,17)14-10-8-11-15(12-14)18-4/h8,10-13,17H,5-7,9H2,1-4H3/t13-,16+/m1/s1. The highest BCUT2D eigenvalue weighted by Gasteiger charge is 2.30. The van der Waals surface area contributed by atoms with E-state index in [1.807, 2.05) is 31.2 Å². The summed E-state index contributed by atoms with van der Waals surface area (Å²) in [4.78, 5) is 0. The summed E-state index contributed by atoms with van der Waals surface area (Å²) in [6.45, 7) is 6.22. The maximum atomic E-state index is 10.7. The second kappa shape index (κ2) is 6.79. The van der Waals surface area contributed by atoms with E-state index in [-0.39, 0.29) is 5.92 Å². The minimum Gasteiger partial charge on any atom is -0.497 e. The number of hydrogen-bond acceptors (Lipinski definition) is 2. The summed E-state index contributed by atoms with van der Waals surface area (Å²) in [6.07, 6.45) is 4.68. The van der Waals surface area contributed by atoms with Crippen molar-refractivity contribution in [3.05, 3.63) is 29.8 Å². The first kappa shape index (κ1) is 15.0. The van der Waals surface area contributed by atoms with E-state index in [2.05, 4.69) is 13.8 Å². The molecule has 18 heavy (non-hydrogen) atoms. The molecule has 0 aliphatic heterocycles. The monoisotopic (exact) mass is 250 g/mol. The Morgan fingerprint density at radius 1 is 1.33 bits per heavy atom. The Kier molecular flexibility index (Phi) is 5.67. The maximum Gasteiger partial charge on any atom is 0.119 e. The van der Waals surface area contributed by atoms with Crippen LogP contribution in [-0.4, -0.2) is 12.2 Å². The van der Waals surface area contributed by atoms with E-state index in [4.69, 9.17) is 4.74 Å². The molecule has 0 amide bonds. The van der Waals surface area contributed by atoms with Gasteiger partial charge in [-0.3, -0.25) is 0 Å². The lowest BCUT2D eigenvalue weighted by Crippen LogP contribution is -2.29. The van der Waals surface area contributed by atoms with E-state index in [0.29, 0.717) is 0 Å². The average Bonchev–Trinajstić information content (AvgIpc) is 2.39. The van der Waals surface area contributed by atoms with Crippen LogP contribution in [0.2, 0.25) is 0 Å². The maximum absolute atomic E-state index is 10.7. The molecule has 0 heterocycles. The predicted molar refractivity (Wildman–Crippen MR) is 75.9 cm³/mol.